The molecule has 7 heteroatoms. The van der Waals surface area contributed by atoms with Crippen LogP contribution in [0.25, 0.3) is 0 Å². The van der Waals surface area contributed by atoms with E-state index in [1.165, 1.54) is 90.6 Å². The van der Waals surface area contributed by atoms with Gasteiger partial charge in [-0.05, 0) is 90.8 Å². The molecule has 5 rings (SSSR count). The summed E-state index contributed by atoms with van der Waals surface area (Å²) in [4.78, 5) is 0. The number of piperidine rings is 1. The van der Waals surface area contributed by atoms with Gasteiger partial charge in [-0.15, -0.1) is 0 Å². The van der Waals surface area contributed by atoms with Crippen molar-refractivity contribution >= 4 is 0 Å². The molecule has 0 aromatic rings. The third-order valence-electron chi connectivity index (χ3n) is 4.59. The first kappa shape index (κ1) is 24.8. The zero-order valence-corrected chi connectivity index (χ0v) is 17.5. The van der Waals surface area contributed by atoms with Gasteiger partial charge in [0.2, 0.25) is 0 Å². The van der Waals surface area contributed by atoms with E-state index in [0.29, 0.717) is 0 Å². The Kier molecular flexibility index (Phi) is 20.2. The summed E-state index contributed by atoms with van der Waals surface area (Å²) in [5.74, 6) is 0. The van der Waals surface area contributed by atoms with Gasteiger partial charge in [0.25, 0.3) is 0 Å². The van der Waals surface area contributed by atoms with Gasteiger partial charge in [0.1, 0.15) is 0 Å². The number of rotatable bonds is 0. The molecule has 5 saturated heterocycles. The molecule has 0 radical (unpaired) electrons. The van der Waals surface area contributed by atoms with Crippen molar-refractivity contribution in [1.82, 2.24) is 26.6 Å². The lowest BCUT2D eigenvalue weighted by Crippen LogP contribution is -2.26. The highest BCUT2D eigenvalue weighted by atomic mass is 16.5. The first-order valence-corrected chi connectivity index (χ1v) is 11.2. The topological polar surface area (TPSA) is 78.6 Å². The Morgan fingerprint density at radius 3 is 0.889 bits per heavy atom. The lowest BCUT2D eigenvalue weighted by molar-refractivity contribution is 0.0848. The van der Waals surface area contributed by atoms with Crippen LogP contribution < -0.4 is 26.6 Å². The highest BCUT2D eigenvalue weighted by molar-refractivity contribution is 4.56. The van der Waals surface area contributed by atoms with E-state index in [0.717, 1.165) is 39.8 Å². The molecule has 0 unspecified atom stereocenters. The highest BCUT2D eigenvalue weighted by Gasteiger charge is 1.95. The molecule has 0 bridgehead atoms. The highest BCUT2D eigenvalue weighted by Crippen LogP contribution is 1.96. The smallest absolute Gasteiger partial charge is 0.0966 e. The quantitative estimate of drug-likeness (QED) is 0.425. The van der Waals surface area contributed by atoms with Gasteiger partial charge in [-0.25, -0.2) is 0 Å². The van der Waals surface area contributed by atoms with Crippen LogP contribution in [0.4, 0.5) is 0 Å². The zero-order valence-electron chi connectivity index (χ0n) is 17.5. The van der Waals surface area contributed by atoms with Crippen molar-refractivity contribution in [3.63, 3.8) is 0 Å². The predicted octanol–water partition coefficient (Wildman–Crippen LogP) is 1.02. The molecule has 0 aromatic heterocycles. The molecular formula is C20H45N5O2. The summed E-state index contributed by atoms with van der Waals surface area (Å²) < 4.78 is 9.79. The van der Waals surface area contributed by atoms with E-state index in [1.807, 2.05) is 0 Å². The van der Waals surface area contributed by atoms with Crippen LogP contribution in [-0.4, -0.2) is 79.0 Å². The maximum atomic E-state index is 4.96. The maximum absolute atomic E-state index is 4.96. The largest absolute Gasteiger partial charge is 0.366 e. The Morgan fingerprint density at radius 2 is 0.741 bits per heavy atom. The van der Waals surface area contributed by atoms with Crippen LogP contribution in [0, 0.1) is 0 Å². The van der Waals surface area contributed by atoms with Crippen LogP contribution in [0.3, 0.4) is 0 Å². The SMILES string of the molecule is C1CCNC1.C1CCNC1.C1CCNCC1.C1CNCOC1.C1COCN1. The molecule has 5 fully saturated rings. The molecule has 0 spiro atoms. The maximum Gasteiger partial charge on any atom is 0.0966 e. The normalized spacial score (nSPS) is 24.0. The summed E-state index contributed by atoms with van der Waals surface area (Å²) in [7, 11) is 0. The summed E-state index contributed by atoms with van der Waals surface area (Å²) in [5, 5.41) is 15.8. The molecule has 5 N–H and O–H groups in total. The Balaban J connectivity index is 0.000000169. The predicted molar refractivity (Wildman–Crippen MR) is 113 cm³/mol. The van der Waals surface area contributed by atoms with E-state index in [-0.39, 0.29) is 0 Å². The molecule has 5 heterocycles. The fraction of sp³-hybridized carbons (Fsp3) is 1.00. The van der Waals surface area contributed by atoms with Gasteiger partial charge in [0, 0.05) is 13.2 Å². The Morgan fingerprint density at radius 1 is 0.333 bits per heavy atom. The van der Waals surface area contributed by atoms with E-state index in [4.69, 9.17) is 9.47 Å². The summed E-state index contributed by atoms with van der Waals surface area (Å²) in [6.07, 6.45) is 10.9. The third-order valence-corrected chi connectivity index (χ3v) is 4.59. The Bertz CT molecular complexity index is 183. The minimum atomic E-state index is 0.750. The van der Waals surface area contributed by atoms with Crippen LogP contribution in [0.1, 0.15) is 51.4 Å². The second kappa shape index (κ2) is 22.0. The van der Waals surface area contributed by atoms with Crippen molar-refractivity contribution in [2.45, 2.75) is 51.4 Å². The van der Waals surface area contributed by atoms with Crippen LogP contribution in [0.15, 0.2) is 0 Å². The second-order valence-electron chi connectivity index (χ2n) is 7.18. The molecule has 0 atom stereocenters. The van der Waals surface area contributed by atoms with E-state index in [1.54, 1.807) is 0 Å². The van der Waals surface area contributed by atoms with Crippen molar-refractivity contribution in [2.75, 3.05) is 79.0 Å². The first-order chi connectivity index (χ1) is 13.5. The fourth-order valence-corrected chi connectivity index (χ4v) is 2.93. The van der Waals surface area contributed by atoms with Crippen molar-refractivity contribution < 1.29 is 9.47 Å². The van der Waals surface area contributed by atoms with Crippen LogP contribution in [-0.2, 0) is 9.47 Å². The second-order valence-corrected chi connectivity index (χ2v) is 7.18. The lowest BCUT2D eigenvalue weighted by Gasteiger charge is -2.10. The monoisotopic (exact) mass is 387 g/mol. The van der Waals surface area contributed by atoms with E-state index < -0.39 is 0 Å². The van der Waals surface area contributed by atoms with Gasteiger partial charge in [-0.3, -0.25) is 10.6 Å². The minimum Gasteiger partial charge on any atom is -0.366 e. The van der Waals surface area contributed by atoms with Crippen LogP contribution in [0.5, 0.6) is 0 Å². The molecule has 7 nitrogen and oxygen atoms in total. The molecule has 5 aliphatic rings. The number of nitrogens with one attached hydrogen (secondary N) is 5. The molecule has 162 valence electrons. The summed E-state index contributed by atoms with van der Waals surface area (Å²) in [5.41, 5.74) is 0. The standard InChI is InChI=1S/C5H11N.C4H9NO.2C4H9N.C3H7NO/c1-2-4-6-5-3-1;1-2-5-4-6-3-1;2*1-2-4-5-3-1;1-2-5-3-4-1/h6H,1-5H2;5H,1-4H2;2*5H,1-4H2;4H,1-3H2. The molecular weight excluding hydrogens is 342 g/mol. The van der Waals surface area contributed by atoms with Crippen LogP contribution >= 0.6 is 0 Å². The van der Waals surface area contributed by atoms with Gasteiger partial charge in [0.05, 0.1) is 20.1 Å². The van der Waals surface area contributed by atoms with Gasteiger partial charge < -0.3 is 25.4 Å². The summed E-state index contributed by atoms with van der Waals surface area (Å²) in [6.45, 7) is 13.0. The molecule has 5 aliphatic heterocycles. The van der Waals surface area contributed by atoms with Gasteiger partial charge in [-0.1, -0.05) is 6.42 Å². The number of hydrogen-bond acceptors (Lipinski definition) is 7. The van der Waals surface area contributed by atoms with Gasteiger partial charge in [-0.2, -0.15) is 0 Å². The van der Waals surface area contributed by atoms with Gasteiger partial charge >= 0.3 is 0 Å². The Labute approximate surface area is 167 Å². The lowest BCUT2D eigenvalue weighted by atomic mass is 10.2. The number of ether oxygens (including phenoxy) is 2. The van der Waals surface area contributed by atoms with E-state index >= 15 is 0 Å². The fourth-order valence-electron chi connectivity index (χ4n) is 2.93. The van der Waals surface area contributed by atoms with Crippen LogP contribution in [0.2, 0.25) is 0 Å². The van der Waals surface area contributed by atoms with Crippen molar-refractivity contribution in [2.24, 2.45) is 0 Å². The van der Waals surface area contributed by atoms with Crippen molar-refractivity contribution in [1.29, 1.82) is 0 Å². The molecule has 0 aromatic carbocycles. The zero-order chi connectivity index (χ0) is 19.1. The number of hydrogen-bond donors (Lipinski definition) is 5. The van der Waals surface area contributed by atoms with Gasteiger partial charge in [0.15, 0.2) is 0 Å². The average Bonchev–Trinajstić information content (AvgIpc) is 3.58. The average molecular weight is 388 g/mol. The molecule has 0 amide bonds. The van der Waals surface area contributed by atoms with Crippen molar-refractivity contribution in [3.05, 3.63) is 0 Å². The first-order valence-electron chi connectivity index (χ1n) is 11.2. The molecule has 0 saturated carbocycles. The molecule has 27 heavy (non-hydrogen) atoms. The Hall–Kier alpha value is -0.280. The molecule has 0 aliphatic carbocycles. The van der Waals surface area contributed by atoms with E-state index in [9.17, 15) is 0 Å². The van der Waals surface area contributed by atoms with E-state index in [2.05, 4.69) is 26.6 Å². The van der Waals surface area contributed by atoms with Crippen molar-refractivity contribution in [3.8, 4) is 0 Å². The minimum absolute atomic E-state index is 0.750. The summed E-state index contributed by atoms with van der Waals surface area (Å²) in [6, 6.07) is 0. The summed E-state index contributed by atoms with van der Waals surface area (Å²) >= 11 is 0. The third kappa shape index (κ3) is 20.3.